The van der Waals surface area contributed by atoms with E-state index in [0.717, 1.165) is 5.56 Å². The van der Waals surface area contributed by atoms with E-state index in [1.54, 1.807) is 18.2 Å². The quantitative estimate of drug-likeness (QED) is 0.899. The summed E-state index contributed by atoms with van der Waals surface area (Å²) in [7, 11) is 0. The standard InChI is InChI=1S/C15H16F3NO2/c1-3-19-13(14-10(2)8-9-20-14)11-6-4-5-7-12(11)21-15(16,17)18/h4-9,13,19H,3H2,1-2H3. The number of benzene rings is 1. The smallest absolute Gasteiger partial charge is 0.467 e. The fourth-order valence-electron chi connectivity index (χ4n) is 2.16. The third-order valence-corrected chi connectivity index (χ3v) is 3.03. The number of rotatable bonds is 5. The zero-order valence-electron chi connectivity index (χ0n) is 11.7. The van der Waals surface area contributed by atoms with Gasteiger partial charge < -0.3 is 14.5 Å². The molecule has 0 radical (unpaired) electrons. The van der Waals surface area contributed by atoms with Gasteiger partial charge in [0, 0.05) is 5.56 Å². The molecule has 2 aromatic rings. The highest BCUT2D eigenvalue weighted by Crippen LogP contribution is 2.34. The minimum Gasteiger partial charge on any atom is -0.467 e. The molecule has 0 saturated carbocycles. The van der Waals surface area contributed by atoms with Crippen LogP contribution < -0.4 is 10.1 Å². The predicted octanol–water partition coefficient (Wildman–Crippen LogP) is 4.19. The van der Waals surface area contributed by atoms with Gasteiger partial charge in [-0.05, 0) is 31.2 Å². The summed E-state index contributed by atoms with van der Waals surface area (Å²) < 4.78 is 47.1. The van der Waals surface area contributed by atoms with Crippen LogP contribution in [0.3, 0.4) is 0 Å². The number of nitrogens with one attached hydrogen (secondary N) is 1. The fraction of sp³-hybridized carbons (Fsp3) is 0.333. The summed E-state index contributed by atoms with van der Waals surface area (Å²) in [6, 6.07) is 7.34. The van der Waals surface area contributed by atoms with Crippen molar-refractivity contribution in [3.05, 3.63) is 53.5 Å². The zero-order chi connectivity index (χ0) is 15.5. The van der Waals surface area contributed by atoms with E-state index in [-0.39, 0.29) is 5.75 Å². The van der Waals surface area contributed by atoms with Crippen molar-refractivity contribution in [1.29, 1.82) is 0 Å². The lowest BCUT2D eigenvalue weighted by atomic mass is 10.0. The molecule has 0 aliphatic carbocycles. The van der Waals surface area contributed by atoms with Gasteiger partial charge in [0.05, 0.1) is 12.3 Å². The molecule has 0 amide bonds. The van der Waals surface area contributed by atoms with Crippen LogP contribution >= 0.6 is 0 Å². The largest absolute Gasteiger partial charge is 0.573 e. The first kappa shape index (κ1) is 15.4. The molecule has 0 aliphatic heterocycles. The average molecular weight is 299 g/mol. The summed E-state index contributed by atoms with van der Waals surface area (Å²) in [6.07, 6.45) is -3.21. The van der Waals surface area contributed by atoms with Crippen molar-refractivity contribution >= 4 is 0 Å². The van der Waals surface area contributed by atoms with E-state index in [1.165, 1.54) is 18.4 Å². The summed E-state index contributed by atoms with van der Waals surface area (Å²) in [6.45, 7) is 4.29. The number of alkyl halides is 3. The second kappa shape index (κ2) is 6.22. The third-order valence-electron chi connectivity index (χ3n) is 3.03. The van der Waals surface area contributed by atoms with Gasteiger partial charge in [0.15, 0.2) is 0 Å². The first-order chi connectivity index (χ1) is 9.92. The molecular formula is C15H16F3NO2. The average Bonchev–Trinajstić information content (AvgIpc) is 2.81. The molecule has 21 heavy (non-hydrogen) atoms. The van der Waals surface area contributed by atoms with E-state index >= 15 is 0 Å². The Morgan fingerprint density at radius 1 is 1.24 bits per heavy atom. The van der Waals surface area contributed by atoms with Crippen molar-refractivity contribution in [1.82, 2.24) is 5.32 Å². The number of hydrogen-bond acceptors (Lipinski definition) is 3. The van der Waals surface area contributed by atoms with Gasteiger partial charge in [-0.1, -0.05) is 25.1 Å². The number of para-hydroxylation sites is 1. The van der Waals surface area contributed by atoms with Crippen LogP contribution in [-0.2, 0) is 0 Å². The Labute approximate surface area is 120 Å². The van der Waals surface area contributed by atoms with Crippen LogP contribution in [0.4, 0.5) is 13.2 Å². The van der Waals surface area contributed by atoms with E-state index in [4.69, 9.17) is 4.42 Å². The molecular weight excluding hydrogens is 283 g/mol. The summed E-state index contributed by atoms with van der Waals surface area (Å²) in [5, 5.41) is 3.13. The molecule has 3 nitrogen and oxygen atoms in total. The maximum absolute atomic E-state index is 12.5. The van der Waals surface area contributed by atoms with E-state index in [9.17, 15) is 13.2 Å². The Kier molecular flexibility index (Phi) is 4.57. The Morgan fingerprint density at radius 2 is 1.95 bits per heavy atom. The first-order valence-corrected chi connectivity index (χ1v) is 6.54. The maximum Gasteiger partial charge on any atom is 0.573 e. The molecule has 0 fully saturated rings. The predicted molar refractivity (Wildman–Crippen MR) is 72.1 cm³/mol. The van der Waals surface area contributed by atoms with Gasteiger partial charge in [-0.3, -0.25) is 0 Å². The molecule has 1 N–H and O–H groups in total. The number of hydrogen-bond donors (Lipinski definition) is 1. The molecule has 114 valence electrons. The second-order valence-electron chi connectivity index (χ2n) is 4.54. The monoisotopic (exact) mass is 299 g/mol. The van der Waals surface area contributed by atoms with Gasteiger partial charge in [-0.25, -0.2) is 0 Å². The minimum absolute atomic E-state index is 0.230. The highest BCUT2D eigenvalue weighted by atomic mass is 19.4. The van der Waals surface area contributed by atoms with Crippen LogP contribution in [0.15, 0.2) is 41.0 Å². The Morgan fingerprint density at radius 3 is 2.52 bits per heavy atom. The molecule has 1 atom stereocenters. The molecule has 0 spiro atoms. The summed E-state index contributed by atoms with van der Waals surface area (Å²) in [5.41, 5.74) is 1.25. The topological polar surface area (TPSA) is 34.4 Å². The molecule has 2 rings (SSSR count). The van der Waals surface area contributed by atoms with Crippen LogP contribution in [-0.4, -0.2) is 12.9 Å². The Balaban J connectivity index is 2.44. The van der Waals surface area contributed by atoms with Crippen LogP contribution in [0.5, 0.6) is 5.75 Å². The minimum atomic E-state index is -4.73. The SMILES string of the molecule is CCNC(c1ccccc1OC(F)(F)F)c1occc1C. The van der Waals surface area contributed by atoms with Crippen molar-refractivity contribution in [2.24, 2.45) is 0 Å². The Bertz CT molecular complexity index is 593. The third kappa shape index (κ3) is 3.78. The van der Waals surface area contributed by atoms with E-state index < -0.39 is 12.4 Å². The fourth-order valence-corrected chi connectivity index (χ4v) is 2.16. The van der Waals surface area contributed by atoms with Gasteiger partial charge in [-0.2, -0.15) is 0 Å². The lowest BCUT2D eigenvalue weighted by Crippen LogP contribution is -2.25. The molecule has 0 bridgehead atoms. The van der Waals surface area contributed by atoms with Crippen LogP contribution in [0.2, 0.25) is 0 Å². The molecule has 6 heteroatoms. The van der Waals surface area contributed by atoms with Crippen molar-refractivity contribution in [3.8, 4) is 5.75 Å². The molecule has 1 unspecified atom stereocenters. The molecule has 0 saturated heterocycles. The van der Waals surface area contributed by atoms with E-state index in [2.05, 4.69) is 10.1 Å². The first-order valence-electron chi connectivity index (χ1n) is 6.54. The molecule has 1 aromatic heterocycles. The lowest BCUT2D eigenvalue weighted by molar-refractivity contribution is -0.275. The highest BCUT2D eigenvalue weighted by Gasteiger charge is 2.33. The van der Waals surface area contributed by atoms with Crippen molar-refractivity contribution in [2.45, 2.75) is 26.3 Å². The summed E-state index contributed by atoms with van der Waals surface area (Å²) in [5.74, 6) is 0.349. The summed E-state index contributed by atoms with van der Waals surface area (Å²) >= 11 is 0. The molecule has 1 aromatic carbocycles. The van der Waals surface area contributed by atoms with Crippen molar-refractivity contribution in [2.75, 3.05) is 6.54 Å². The second-order valence-corrected chi connectivity index (χ2v) is 4.54. The Hall–Kier alpha value is -1.95. The van der Waals surface area contributed by atoms with Crippen molar-refractivity contribution < 1.29 is 22.3 Å². The summed E-state index contributed by atoms with van der Waals surface area (Å²) in [4.78, 5) is 0. The number of aryl methyl sites for hydroxylation is 1. The van der Waals surface area contributed by atoms with Crippen LogP contribution in [0.1, 0.15) is 29.9 Å². The van der Waals surface area contributed by atoms with E-state index in [0.29, 0.717) is 17.9 Å². The van der Waals surface area contributed by atoms with Gasteiger partial charge >= 0.3 is 6.36 Å². The van der Waals surface area contributed by atoms with Crippen molar-refractivity contribution in [3.63, 3.8) is 0 Å². The normalized spacial score (nSPS) is 13.2. The number of ether oxygens (including phenoxy) is 1. The zero-order valence-corrected chi connectivity index (χ0v) is 11.7. The van der Waals surface area contributed by atoms with Gasteiger partial charge in [-0.15, -0.1) is 13.2 Å². The van der Waals surface area contributed by atoms with Gasteiger partial charge in [0.2, 0.25) is 0 Å². The van der Waals surface area contributed by atoms with Gasteiger partial charge in [0.25, 0.3) is 0 Å². The van der Waals surface area contributed by atoms with E-state index in [1.807, 2.05) is 13.8 Å². The number of furan rings is 1. The molecule has 0 aliphatic rings. The molecule has 1 heterocycles. The maximum atomic E-state index is 12.5. The van der Waals surface area contributed by atoms with Gasteiger partial charge in [0.1, 0.15) is 11.5 Å². The number of halogens is 3. The van der Waals surface area contributed by atoms with Crippen LogP contribution in [0.25, 0.3) is 0 Å². The lowest BCUT2D eigenvalue weighted by Gasteiger charge is -2.21. The van der Waals surface area contributed by atoms with Crippen LogP contribution in [0, 0.1) is 6.92 Å². The highest BCUT2D eigenvalue weighted by molar-refractivity contribution is 5.41.